The van der Waals surface area contributed by atoms with Gasteiger partial charge in [0.25, 0.3) is 0 Å². The monoisotopic (exact) mass is 240 g/mol. The first kappa shape index (κ1) is 14.0. The molecule has 0 heterocycles. The number of hydrogen-bond donors (Lipinski definition) is 3. The Labute approximate surface area is 90.0 Å². The van der Waals surface area contributed by atoms with Gasteiger partial charge in [0.1, 0.15) is 5.54 Å². The second-order valence-corrected chi connectivity index (χ2v) is 4.82. The molecule has 90 valence electrons. The average Bonchev–Trinajstić information content (AvgIpc) is 2.01. The van der Waals surface area contributed by atoms with E-state index < -0.39 is 15.9 Å². The second kappa shape index (κ2) is 4.67. The van der Waals surface area contributed by atoms with E-state index in [1.807, 2.05) is 0 Å². The topological polar surface area (TPSA) is 90.7 Å². The molecule has 0 aromatic rings. The van der Waals surface area contributed by atoms with Crippen LogP contribution in [0.4, 0.5) is 0 Å². The van der Waals surface area contributed by atoms with E-state index in [0.717, 1.165) is 4.74 Å². The third-order valence-corrected chi connectivity index (χ3v) is 1.79. The molecular formula is C7H18N3O4S+. The minimum Gasteiger partial charge on any atom is -0.278 e. The van der Waals surface area contributed by atoms with Crippen LogP contribution < -0.4 is 10.6 Å². The van der Waals surface area contributed by atoms with Gasteiger partial charge in [0.05, 0.1) is 14.1 Å². The van der Waals surface area contributed by atoms with E-state index >= 15 is 0 Å². The molecule has 0 aliphatic rings. The van der Waals surface area contributed by atoms with Crippen molar-refractivity contribution in [3.63, 3.8) is 0 Å². The molecule has 0 bridgehead atoms. The molecule has 0 unspecified atom stereocenters. The van der Waals surface area contributed by atoms with E-state index in [1.165, 1.54) is 0 Å². The van der Waals surface area contributed by atoms with E-state index in [1.54, 1.807) is 34.9 Å². The van der Waals surface area contributed by atoms with E-state index in [4.69, 9.17) is 4.55 Å². The van der Waals surface area contributed by atoms with E-state index in [-0.39, 0.29) is 0 Å². The molecule has 0 fully saturated rings. The van der Waals surface area contributed by atoms with Crippen LogP contribution in [0.5, 0.6) is 0 Å². The summed E-state index contributed by atoms with van der Waals surface area (Å²) < 4.78 is 35.4. The van der Waals surface area contributed by atoms with Crippen LogP contribution in [0.25, 0.3) is 0 Å². The van der Waals surface area contributed by atoms with Crippen molar-refractivity contribution in [3.8, 4) is 0 Å². The third-order valence-electron chi connectivity index (χ3n) is 1.45. The van der Waals surface area contributed by atoms with Crippen LogP contribution in [-0.2, 0) is 14.7 Å². The van der Waals surface area contributed by atoms with Crippen LogP contribution in [0.3, 0.4) is 0 Å². The van der Waals surface area contributed by atoms with Crippen molar-refractivity contribution in [2.75, 3.05) is 14.1 Å². The molecule has 8 heteroatoms. The van der Waals surface area contributed by atoms with Gasteiger partial charge >= 0.3 is 16.4 Å². The van der Waals surface area contributed by atoms with Gasteiger partial charge in [0, 0.05) is 0 Å². The summed E-state index contributed by atoms with van der Waals surface area (Å²) in [6, 6.07) is 0. The van der Waals surface area contributed by atoms with Gasteiger partial charge in [-0.1, -0.05) is 4.74 Å². The average molecular weight is 240 g/mol. The van der Waals surface area contributed by atoms with Crippen LogP contribution >= 0.6 is 0 Å². The summed E-state index contributed by atoms with van der Waals surface area (Å²) in [5.41, 5.74) is -0.642. The van der Waals surface area contributed by atoms with E-state index in [9.17, 15) is 8.42 Å². The molecule has 7 nitrogen and oxygen atoms in total. The Morgan fingerprint density at radius 2 is 1.67 bits per heavy atom. The largest absolute Gasteiger partial charge is 0.476 e. The zero-order valence-electron chi connectivity index (χ0n) is 9.53. The lowest BCUT2D eigenvalue weighted by atomic mass is 10.1. The predicted molar refractivity (Wildman–Crippen MR) is 55.8 cm³/mol. The number of guanidine groups is 1. The van der Waals surface area contributed by atoms with Crippen molar-refractivity contribution in [3.05, 3.63) is 0 Å². The Morgan fingerprint density at radius 3 is 1.87 bits per heavy atom. The standard InChI is InChI=1S/C7H17N3O4S/c1-7(2,3)10(6(8-4)9-5)14-15(11,12)13/h1-5H3,(H2,8,9,11,12,13)/p+1. The van der Waals surface area contributed by atoms with Crippen molar-refractivity contribution < 1.29 is 22.0 Å². The molecule has 0 rings (SSSR count). The zero-order valence-corrected chi connectivity index (χ0v) is 10.3. The highest BCUT2D eigenvalue weighted by Crippen LogP contribution is 2.09. The smallest absolute Gasteiger partial charge is 0.278 e. The summed E-state index contributed by atoms with van der Waals surface area (Å²) in [4.78, 5) is 0. The van der Waals surface area contributed by atoms with Crippen LogP contribution in [-0.4, -0.2) is 43.3 Å². The van der Waals surface area contributed by atoms with Gasteiger partial charge in [-0.2, -0.15) is 8.42 Å². The van der Waals surface area contributed by atoms with Crippen molar-refractivity contribution in [2.45, 2.75) is 26.3 Å². The number of hydroxylamine groups is 1. The molecule has 15 heavy (non-hydrogen) atoms. The SMILES string of the molecule is CNC(NC)=[N+](OS(=O)(=O)O)C(C)(C)C. The molecule has 0 aromatic heterocycles. The molecule has 0 saturated heterocycles. The third kappa shape index (κ3) is 4.84. The van der Waals surface area contributed by atoms with Gasteiger partial charge in [-0.25, -0.2) is 4.28 Å². The second-order valence-electron chi connectivity index (χ2n) is 3.82. The summed E-state index contributed by atoms with van der Waals surface area (Å²) in [7, 11) is -1.36. The summed E-state index contributed by atoms with van der Waals surface area (Å²) in [6.45, 7) is 5.19. The van der Waals surface area contributed by atoms with E-state index in [2.05, 4.69) is 14.9 Å². The fourth-order valence-corrected chi connectivity index (χ4v) is 1.39. The Morgan fingerprint density at radius 1 is 1.27 bits per heavy atom. The predicted octanol–water partition coefficient (Wildman–Crippen LogP) is -0.673. The van der Waals surface area contributed by atoms with E-state index in [0.29, 0.717) is 5.96 Å². The Balaban J connectivity index is 5.34. The van der Waals surface area contributed by atoms with Crippen LogP contribution in [0, 0.1) is 0 Å². The molecular weight excluding hydrogens is 222 g/mol. The number of rotatable bonds is 2. The van der Waals surface area contributed by atoms with Crippen molar-refractivity contribution in [1.82, 2.24) is 10.6 Å². The quantitative estimate of drug-likeness (QED) is 0.195. The van der Waals surface area contributed by atoms with Crippen LogP contribution in [0.1, 0.15) is 20.8 Å². The lowest BCUT2D eigenvalue weighted by Gasteiger charge is -2.21. The molecule has 3 N–H and O–H groups in total. The van der Waals surface area contributed by atoms with Crippen molar-refractivity contribution >= 4 is 16.4 Å². The lowest BCUT2D eigenvalue weighted by Crippen LogP contribution is -2.48. The minimum absolute atomic E-state index is 0.320. The van der Waals surface area contributed by atoms with Gasteiger partial charge in [0.15, 0.2) is 0 Å². The zero-order chi connectivity index (χ0) is 12.3. The maximum Gasteiger partial charge on any atom is 0.476 e. The molecule has 0 saturated carbocycles. The molecule has 0 aromatic carbocycles. The highest BCUT2D eigenvalue weighted by atomic mass is 32.3. The maximum absolute atomic E-state index is 10.6. The van der Waals surface area contributed by atoms with Crippen molar-refractivity contribution in [2.24, 2.45) is 0 Å². The Hall–Kier alpha value is -1.02. The first-order valence-corrected chi connectivity index (χ1v) is 5.68. The number of nitrogens with one attached hydrogen (secondary N) is 2. The maximum atomic E-state index is 10.6. The molecule has 0 spiro atoms. The van der Waals surface area contributed by atoms with Gasteiger partial charge in [-0.3, -0.25) is 15.2 Å². The normalized spacial score (nSPS) is 11.9. The fourth-order valence-electron chi connectivity index (χ4n) is 0.907. The summed E-state index contributed by atoms with van der Waals surface area (Å²) >= 11 is 0. The highest BCUT2D eigenvalue weighted by molar-refractivity contribution is 7.80. The molecule has 0 amide bonds. The molecule has 0 atom stereocenters. The van der Waals surface area contributed by atoms with Gasteiger partial charge in [-0.15, -0.1) is 0 Å². The highest BCUT2D eigenvalue weighted by Gasteiger charge is 2.29. The molecule has 0 aliphatic heterocycles. The number of hydrogen-bond acceptors (Lipinski definition) is 3. The summed E-state index contributed by atoms with van der Waals surface area (Å²) in [5.74, 6) is 0.320. The van der Waals surface area contributed by atoms with Crippen molar-refractivity contribution in [1.29, 1.82) is 0 Å². The van der Waals surface area contributed by atoms with Gasteiger partial charge in [-0.05, 0) is 20.8 Å². The Bertz CT molecular complexity index is 336. The van der Waals surface area contributed by atoms with Crippen LogP contribution in [0.15, 0.2) is 0 Å². The first-order chi connectivity index (χ1) is 6.61. The summed E-state index contributed by atoms with van der Waals surface area (Å²) in [5, 5.41) is 5.42. The minimum atomic E-state index is -4.55. The first-order valence-electron chi connectivity index (χ1n) is 4.31. The number of nitrogens with zero attached hydrogens (tertiary/aromatic N) is 1. The van der Waals surface area contributed by atoms with Gasteiger partial charge < -0.3 is 0 Å². The Kier molecular flexibility index (Phi) is 4.35. The molecule has 0 aliphatic carbocycles. The lowest BCUT2D eigenvalue weighted by molar-refractivity contribution is -0.796. The fraction of sp³-hybridized carbons (Fsp3) is 0.857. The summed E-state index contributed by atoms with van der Waals surface area (Å²) in [6.07, 6.45) is 0. The molecule has 0 radical (unpaired) electrons. The van der Waals surface area contributed by atoms with Gasteiger partial charge in [0.2, 0.25) is 0 Å². The van der Waals surface area contributed by atoms with Crippen LogP contribution in [0.2, 0.25) is 0 Å².